The van der Waals surface area contributed by atoms with Gasteiger partial charge in [0.05, 0.1) is 12.1 Å². The van der Waals surface area contributed by atoms with E-state index in [0.717, 1.165) is 25.0 Å². The Balaban J connectivity index is 1.62. The third kappa shape index (κ3) is 4.18. The minimum absolute atomic E-state index is 0.178. The van der Waals surface area contributed by atoms with Gasteiger partial charge in [-0.3, -0.25) is 4.79 Å². The van der Waals surface area contributed by atoms with Crippen molar-refractivity contribution in [3.8, 4) is 0 Å². The van der Waals surface area contributed by atoms with E-state index in [0.29, 0.717) is 11.9 Å². The summed E-state index contributed by atoms with van der Waals surface area (Å²) in [6.45, 7) is 0.191. The number of carbonyl (C=O) groups excluding carboxylic acids is 1. The van der Waals surface area contributed by atoms with E-state index in [4.69, 9.17) is 0 Å². The first-order chi connectivity index (χ1) is 11.9. The Morgan fingerprint density at radius 2 is 1.84 bits per heavy atom. The number of aromatic nitrogens is 3. The molecule has 0 saturated heterocycles. The minimum Gasteiger partial charge on any atom is -0.345 e. The molecule has 0 radical (unpaired) electrons. The summed E-state index contributed by atoms with van der Waals surface area (Å²) in [6, 6.07) is 4.49. The first-order valence-electron chi connectivity index (χ1n) is 8.29. The number of rotatable bonds is 4. The van der Waals surface area contributed by atoms with Gasteiger partial charge in [0.25, 0.3) is 5.91 Å². The molecule has 0 bridgehead atoms. The molecule has 25 heavy (non-hydrogen) atoms. The fourth-order valence-electron chi connectivity index (χ4n) is 3.13. The zero-order valence-corrected chi connectivity index (χ0v) is 13.6. The summed E-state index contributed by atoms with van der Waals surface area (Å²) in [6.07, 6.45) is 2.97. The molecule has 1 aromatic heterocycles. The summed E-state index contributed by atoms with van der Waals surface area (Å²) < 4.78 is 39.7. The van der Waals surface area contributed by atoms with Crippen molar-refractivity contribution in [1.82, 2.24) is 20.1 Å². The SMILES string of the molecule is O=C(NCc1nncn1C1CCCCC1)c1ccc(C(F)(F)F)cc1. The summed E-state index contributed by atoms with van der Waals surface area (Å²) in [4.78, 5) is 12.1. The summed E-state index contributed by atoms with van der Waals surface area (Å²) in [5.74, 6) is 0.221. The van der Waals surface area contributed by atoms with Gasteiger partial charge >= 0.3 is 6.18 Å². The lowest BCUT2D eigenvalue weighted by molar-refractivity contribution is -0.137. The largest absolute Gasteiger partial charge is 0.416 e. The molecular formula is C17H19F3N4O. The molecule has 1 N–H and O–H groups in total. The topological polar surface area (TPSA) is 59.8 Å². The van der Waals surface area contributed by atoms with E-state index in [9.17, 15) is 18.0 Å². The predicted octanol–water partition coefficient (Wildman–Crippen LogP) is 3.73. The quantitative estimate of drug-likeness (QED) is 0.912. The van der Waals surface area contributed by atoms with Crippen LogP contribution < -0.4 is 5.32 Å². The van der Waals surface area contributed by atoms with Crippen LogP contribution in [0.5, 0.6) is 0 Å². The number of amides is 1. The molecule has 0 unspecified atom stereocenters. The van der Waals surface area contributed by atoms with Crippen LogP contribution in [0.15, 0.2) is 30.6 Å². The van der Waals surface area contributed by atoms with Crippen molar-refractivity contribution in [1.29, 1.82) is 0 Å². The Labute approximate surface area is 143 Å². The zero-order valence-electron chi connectivity index (χ0n) is 13.6. The molecule has 0 aliphatic heterocycles. The Bertz CT molecular complexity index is 718. The van der Waals surface area contributed by atoms with Crippen LogP contribution in [-0.4, -0.2) is 20.7 Å². The first kappa shape index (κ1) is 17.4. The highest BCUT2D eigenvalue weighted by Gasteiger charge is 2.30. The van der Waals surface area contributed by atoms with Crippen molar-refractivity contribution < 1.29 is 18.0 Å². The fourth-order valence-corrected chi connectivity index (χ4v) is 3.13. The molecule has 134 valence electrons. The van der Waals surface area contributed by atoms with Crippen molar-refractivity contribution in [2.24, 2.45) is 0 Å². The molecule has 1 amide bonds. The van der Waals surface area contributed by atoms with E-state index < -0.39 is 17.6 Å². The van der Waals surface area contributed by atoms with E-state index in [1.54, 1.807) is 6.33 Å². The van der Waals surface area contributed by atoms with Gasteiger partial charge in [-0.1, -0.05) is 19.3 Å². The predicted molar refractivity (Wildman–Crippen MR) is 84.8 cm³/mol. The fraction of sp³-hybridized carbons (Fsp3) is 0.471. The molecule has 1 heterocycles. The third-order valence-corrected chi connectivity index (χ3v) is 4.50. The maximum absolute atomic E-state index is 12.6. The van der Waals surface area contributed by atoms with Crippen LogP contribution in [0.1, 0.15) is 59.9 Å². The molecule has 2 aromatic rings. The maximum Gasteiger partial charge on any atom is 0.416 e. The third-order valence-electron chi connectivity index (χ3n) is 4.50. The maximum atomic E-state index is 12.6. The van der Waals surface area contributed by atoms with Crippen LogP contribution in [0.25, 0.3) is 0 Å². The van der Waals surface area contributed by atoms with Gasteiger partial charge in [-0.05, 0) is 37.1 Å². The number of nitrogens with one attached hydrogen (secondary N) is 1. The standard InChI is InChI=1S/C17H19F3N4O/c18-17(19,20)13-8-6-12(7-9-13)16(25)21-10-15-23-22-11-24(15)14-4-2-1-3-5-14/h6-9,11,14H,1-5,10H2,(H,21,25). The van der Waals surface area contributed by atoms with E-state index in [-0.39, 0.29) is 12.1 Å². The highest BCUT2D eigenvalue weighted by molar-refractivity contribution is 5.94. The lowest BCUT2D eigenvalue weighted by Crippen LogP contribution is -2.26. The molecule has 0 spiro atoms. The monoisotopic (exact) mass is 352 g/mol. The Morgan fingerprint density at radius 3 is 2.48 bits per heavy atom. The van der Waals surface area contributed by atoms with Crippen LogP contribution in [0.4, 0.5) is 13.2 Å². The van der Waals surface area contributed by atoms with Gasteiger partial charge in [0.2, 0.25) is 0 Å². The van der Waals surface area contributed by atoms with Gasteiger partial charge in [-0.25, -0.2) is 0 Å². The van der Waals surface area contributed by atoms with Crippen LogP contribution in [0.2, 0.25) is 0 Å². The molecule has 1 saturated carbocycles. The highest BCUT2D eigenvalue weighted by Crippen LogP contribution is 2.29. The van der Waals surface area contributed by atoms with Crippen LogP contribution in [0.3, 0.4) is 0 Å². The van der Waals surface area contributed by atoms with Crippen LogP contribution in [0, 0.1) is 0 Å². The number of carbonyl (C=O) groups is 1. The van der Waals surface area contributed by atoms with Gasteiger partial charge in [-0.2, -0.15) is 13.2 Å². The number of halogens is 3. The molecule has 3 rings (SSSR count). The average Bonchev–Trinajstić information content (AvgIpc) is 3.08. The molecule has 8 heteroatoms. The molecule has 1 aliphatic carbocycles. The van der Waals surface area contributed by atoms with Gasteiger partial charge in [0.1, 0.15) is 6.33 Å². The second-order valence-corrected chi connectivity index (χ2v) is 6.20. The molecule has 1 aromatic carbocycles. The highest BCUT2D eigenvalue weighted by atomic mass is 19.4. The van der Waals surface area contributed by atoms with Crippen LogP contribution >= 0.6 is 0 Å². The molecular weight excluding hydrogens is 333 g/mol. The van der Waals surface area contributed by atoms with Gasteiger partial charge in [-0.15, -0.1) is 10.2 Å². The number of nitrogens with zero attached hydrogens (tertiary/aromatic N) is 3. The Kier molecular flexibility index (Phi) is 5.06. The zero-order chi connectivity index (χ0) is 17.9. The van der Waals surface area contributed by atoms with Crippen molar-refractivity contribution >= 4 is 5.91 Å². The van der Waals surface area contributed by atoms with Gasteiger partial charge in [0.15, 0.2) is 5.82 Å². The number of benzene rings is 1. The second kappa shape index (κ2) is 7.25. The molecule has 1 aliphatic rings. The van der Waals surface area contributed by atoms with Crippen molar-refractivity contribution in [2.45, 2.75) is 50.9 Å². The van der Waals surface area contributed by atoms with Crippen molar-refractivity contribution in [3.63, 3.8) is 0 Å². The summed E-state index contributed by atoms with van der Waals surface area (Å²) >= 11 is 0. The smallest absolute Gasteiger partial charge is 0.345 e. The lowest BCUT2D eigenvalue weighted by Gasteiger charge is -2.24. The van der Waals surface area contributed by atoms with Crippen LogP contribution in [-0.2, 0) is 12.7 Å². The Hall–Kier alpha value is -2.38. The molecule has 0 atom stereocenters. The lowest BCUT2D eigenvalue weighted by atomic mass is 9.95. The molecule has 1 fully saturated rings. The van der Waals surface area contributed by atoms with E-state index in [1.165, 1.54) is 31.4 Å². The van der Waals surface area contributed by atoms with E-state index in [1.807, 2.05) is 4.57 Å². The molecule has 5 nitrogen and oxygen atoms in total. The number of hydrogen-bond donors (Lipinski definition) is 1. The average molecular weight is 352 g/mol. The van der Waals surface area contributed by atoms with Gasteiger partial charge in [0, 0.05) is 11.6 Å². The first-order valence-corrected chi connectivity index (χ1v) is 8.29. The van der Waals surface area contributed by atoms with E-state index >= 15 is 0 Å². The van der Waals surface area contributed by atoms with Gasteiger partial charge < -0.3 is 9.88 Å². The number of hydrogen-bond acceptors (Lipinski definition) is 3. The minimum atomic E-state index is -4.41. The van der Waals surface area contributed by atoms with E-state index in [2.05, 4.69) is 15.5 Å². The summed E-state index contributed by atoms with van der Waals surface area (Å²) in [7, 11) is 0. The van der Waals surface area contributed by atoms with Crippen molar-refractivity contribution in [3.05, 3.63) is 47.5 Å². The Morgan fingerprint density at radius 1 is 1.16 bits per heavy atom. The van der Waals surface area contributed by atoms with Crippen molar-refractivity contribution in [2.75, 3.05) is 0 Å². The second-order valence-electron chi connectivity index (χ2n) is 6.20. The normalized spacial score (nSPS) is 16.0. The number of alkyl halides is 3. The summed E-state index contributed by atoms with van der Waals surface area (Å²) in [5.41, 5.74) is -0.599. The summed E-state index contributed by atoms with van der Waals surface area (Å²) in [5, 5.41) is 10.7.